The fourth-order valence-corrected chi connectivity index (χ4v) is 2.62. The molecular weight excluding hydrogens is 285 g/mol. The molecule has 122 valence electrons. The van der Waals surface area contributed by atoms with Crippen LogP contribution in [0.2, 0.25) is 0 Å². The molecule has 1 heterocycles. The van der Waals surface area contributed by atoms with Gasteiger partial charge < -0.3 is 20.5 Å². The van der Waals surface area contributed by atoms with Gasteiger partial charge in [-0.15, -0.1) is 0 Å². The second-order valence-electron chi connectivity index (χ2n) is 5.65. The summed E-state index contributed by atoms with van der Waals surface area (Å²) in [6, 6.07) is 6.67. The van der Waals surface area contributed by atoms with Crippen molar-refractivity contribution in [2.24, 2.45) is 10.4 Å². The van der Waals surface area contributed by atoms with E-state index in [0.29, 0.717) is 37.6 Å². The molecule has 1 atom stereocenters. The molecule has 0 bridgehead atoms. The summed E-state index contributed by atoms with van der Waals surface area (Å²) in [5.41, 5.74) is 0.546. The van der Waals surface area contributed by atoms with E-state index in [2.05, 4.69) is 15.6 Å². The molecule has 0 radical (unpaired) electrons. The Morgan fingerprint density at radius 2 is 2.23 bits per heavy atom. The predicted molar refractivity (Wildman–Crippen MR) is 84.2 cm³/mol. The first-order valence-electron chi connectivity index (χ1n) is 7.56. The second-order valence-corrected chi connectivity index (χ2v) is 5.65. The highest BCUT2D eigenvalue weighted by Crippen LogP contribution is 2.31. The number of hydrogen-bond donors (Lipinski definition) is 3. The smallest absolute Gasteiger partial charge is 0.191 e. The van der Waals surface area contributed by atoms with Crippen LogP contribution in [0.25, 0.3) is 0 Å². The first-order chi connectivity index (χ1) is 10.7. The SMILES string of the molecule is CN=C(NCc1ccccc1F)NCC1(CCO)CCOC1. The van der Waals surface area contributed by atoms with E-state index < -0.39 is 0 Å². The van der Waals surface area contributed by atoms with Crippen molar-refractivity contribution in [3.05, 3.63) is 35.6 Å². The summed E-state index contributed by atoms with van der Waals surface area (Å²) in [4.78, 5) is 4.15. The van der Waals surface area contributed by atoms with Gasteiger partial charge >= 0.3 is 0 Å². The van der Waals surface area contributed by atoms with Gasteiger partial charge in [0.25, 0.3) is 0 Å². The van der Waals surface area contributed by atoms with Crippen LogP contribution in [-0.4, -0.2) is 44.5 Å². The van der Waals surface area contributed by atoms with Gasteiger partial charge in [0.05, 0.1) is 6.61 Å². The monoisotopic (exact) mass is 309 g/mol. The number of benzene rings is 1. The third kappa shape index (κ3) is 4.42. The van der Waals surface area contributed by atoms with Crippen LogP contribution >= 0.6 is 0 Å². The Balaban J connectivity index is 1.86. The lowest BCUT2D eigenvalue weighted by Crippen LogP contribution is -2.44. The summed E-state index contributed by atoms with van der Waals surface area (Å²) in [7, 11) is 1.68. The van der Waals surface area contributed by atoms with Gasteiger partial charge in [0.15, 0.2) is 5.96 Å². The van der Waals surface area contributed by atoms with Crippen LogP contribution in [0.15, 0.2) is 29.3 Å². The van der Waals surface area contributed by atoms with E-state index in [1.165, 1.54) is 6.07 Å². The van der Waals surface area contributed by atoms with Gasteiger partial charge in [-0.05, 0) is 18.9 Å². The van der Waals surface area contributed by atoms with Crippen molar-refractivity contribution in [1.29, 1.82) is 0 Å². The fourth-order valence-electron chi connectivity index (χ4n) is 2.62. The van der Waals surface area contributed by atoms with Crippen molar-refractivity contribution in [1.82, 2.24) is 10.6 Å². The van der Waals surface area contributed by atoms with Crippen LogP contribution in [0.5, 0.6) is 0 Å². The van der Waals surface area contributed by atoms with Crippen LogP contribution in [-0.2, 0) is 11.3 Å². The Morgan fingerprint density at radius 3 is 2.86 bits per heavy atom. The summed E-state index contributed by atoms with van der Waals surface area (Å²) in [5, 5.41) is 15.6. The van der Waals surface area contributed by atoms with Crippen molar-refractivity contribution in [3.8, 4) is 0 Å². The molecule has 0 spiro atoms. The number of rotatable bonds is 6. The quantitative estimate of drug-likeness (QED) is 0.547. The lowest BCUT2D eigenvalue weighted by molar-refractivity contribution is 0.127. The first kappa shape index (κ1) is 16.7. The summed E-state index contributed by atoms with van der Waals surface area (Å²) >= 11 is 0. The number of ether oxygens (including phenoxy) is 1. The number of nitrogens with one attached hydrogen (secondary N) is 2. The normalized spacial score (nSPS) is 21.9. The molecule has 1 fully saturated rings. The molecule has 1 aliphatic rings. The van der Waals surface area contributed by atoms with E-state index in [1.807, 2.05) is 6.07 Å². The molecule has 2 rings (SSSR count). The molecule has 1 aromatic rings. The molecule has 0 amide bonds. The molecule has 1 unspecified atom stereocenters. The highest BCUT2D eigenvalue weighted by atomic mass is 19.1. The van der Waals surface area contributed by atoms with Gasteiger partial charge in [0, 0.05) is 44.3 Å². The van der Waals surface area contributed by atoms with E-state index in [9.17, 15) is 9.50 Å². The van der Waals surface area contributed by atoms with Crippen LogP contribution < -0.4 is 10.6 Å². The summed E-state index contributed by atoms with van der Waals surface area (Å²) < 4.78 is 19.1. The van der Waals surface area contributed by atoms with Crippen molar-refractivity contribution in [2.45, 2.75) is 19.4 Å². The van der Waals surface area contributed by atoms with Crippen LogP contribution in [0.3, 0.4) is 0 Å². The average molecular weight is 309 g/mol. The third-order valence-electron chi connectivity index (χ3n) is 4.09. The topological polar surface area (TPSA) is 65.9 Å². The van der Waals surface area contributed by atoms with Crippen LogP contribution in [0.4, 0.5) is 4.39 Å². The maximum Gasteiger partial charge on any atom is 0.191 e. The number of aliphatic imine (C=N–C) groups is 1. The van der Waals surface area contributed by atoms with E-state index in [0.717, 1.165) is 13.0 Å². The number of nitrogens with zero attached hydrogens (tertiary/aromatic N) is 1. The van der Waals surface area contributed by atoms with Gasteiger partial charge in [-0.3, -0.25) is 4.99 Å². The standard InChI is InChI=1S/C16H24FN3O2/c1-18-15(19-10-13-4-2-3-5-14(13)17)20-11-16(6-8-21)7-9-22-12-16/h2-5,21H,6-12H2,1H3,(H2,18,19,20). The molecule has 22 heavy (non-hydrogen) atoms. The number of hydrogen-bond acceptors (Lipinski definition) is 3. The van der Waals surface area contributed by atoms with Crippen molar-refractivity contribution >= 4 is 5.96 Å². The molecular formula is C16H24FN3O2. The zero-order chi connectivity index (χ0) is 15.8. The first-order valence-corrected chi connectivity index (χ1v) is 7.56. The third-order valence-corrected chi connectivity index (χ3v) is 4.09. The molecule has 5 nitrogen and oxygen atoms in total. The van der Waals surface area contributed by atoms with Gasteiger partial charge in [-0.1, -0.05) is 18.2 Å². The van der Waals surface area contributed by atoms with Gasteiger partial charge in [-0.2, -0.15) is 0 Å². The Kier molecular flexibility index (Phi) is 6.15. The van der Waals surface area contributed by atoms with Crippen molar-refractivity contribution in [3.63, 3.8) is 0 Å². The summed E-state index contributed by atoms with van der Waals surface area (Å²) in [6.07, 6.45) is 1.62. The maximum absolute atomic E-state index is 13.6. The summed E-state index contributed by atoms with van der Waals surface area (Å²) in [6.45, 7) is 2.56. The lowest BCUT2D eigenvalue weighted by atomic mass is 9.84. The minimum Gasteiger partial charge on any atom is -0.396 e. The summed E-state index contributed by atoms with van der Waals surface area (Å²) in [5.74, 6) is 0.388. The molecule has 3 N–H and O–H groups in total. The van der Waals surface area contributed by atoms with Gasteiger partial charge in [0.1, 0.15) is 5.82 Å². The minimum atomic E-state index is -0.230. The molecule has 6 heteroatoms. The molecule has 1 saturated heterocycles. The average Bonchev–Trinajstić information content (AvgIpc) is 2.98. The van der Waals surface area contributed by atoms with Crippen molar-refractivity contribution in [2.75, 3.05) is 33.4 Å². The fraction of sp³-hybridized carbons (Fsp3) is 0.562. The van der Waals surface area contributed by atoms with Crippen LogP contribution in [0, 0.1) is 11.2 Å². The molecule has 0 aromatic heterocycles. The molecule has 1 aromatic carbocycles. The van der Waals surface area contributed by atoms with E-state index >= 15 is 0 Å². The van der Waals surface area contributed by atoms with E-state index in [4.69, 9.17) is 4.74 Å². The second kappa shape index (κ2) is 8.10. The van der Waals surface area contributed by atoms with Crippen LogP contribution in [0.1, 0.15) is 18.4 Å². The zero-order valence-corrected chi connectivity index (χ0v) is 12.9. The number of aliphatic hydroxyl groups is 1. The molecule has 1 aliphatic heterocycles. The van der Waals surface area contributed by atoms with Crippen molar-refractivity contribution < 1.29 is 14.2 Å². The highest BCUT2D eigenvalue weighted by molar-refractivity contribution is 5.79. The lowest BCUT2D eigenvalue weighted by Gasteiger charge is -2.27. The Hall–Kier alpha value is -1.66. The number of aliphatic hydroxyl groups excluding tert-OH is 1. The molecule has 0 saturated carbocycles. The zero-order valence-electron chi connectivity index (χ0n) is 12.9. The molecule has 0 aliphatic carbocycles. The Labute approximate surface area is 130 Å². The van der Waals surface area contributed by atoms with E-state index in [-0.39, 0.29) is 17.8 Å². The largest absolute Gasteiger partial charge is 0.396 e. The number of guanidine groups is 1. The van der Waals surface area contributed by atoms with E-state index in [1.54, 1.807) is 19.2 Å². The minimum absolute atomic E-state index is 0.0512. The Bertz CT molecular complexity index is 502. The number of halogens is 1. The predicted octanol–water partition coefficient (Wildman–Crippen LogP) is 1.28. The highest BCUT2D eigenvalue weighted by Gasteiger charge is 2.34. The Morgan fingerprint density at radius 1 is 1.41 bits per heavy atom. The van der Waals surface area contributed by atoms with Gasteiger partial charge in [-0.25, -0.2) is 4.39 Å². The maximum atomic E-state index is 13.6. The van der Waals surface area contributed by atoms with Gasteiger partial charge in [0.2, 0.25) is 0 Å².